The van der Waals surface area contributed by atoms with E-state index in [0.29, 0.717) is 18.0 Å². The van der Waals surface area contributed by atoms with Gasteiger partial charge in [0, 0.05) is 24.7 Å². The number of H-pyrrole nitrogens is 1. The van der Waals surface area contributed by atoms with Crippen LogP contribution in [-0.2, 0) is 0 Å². The van der Waals surface area contributed by atoms with E-state index < -0.39 is 0 Å². The van der Waals surface area contributed by atoms with Crippen molar-refractivity contribution in [2.45, 2.75) is 20.3 Å². The first-order valence-electron chi connectivity index (χ1n) is 5.47. The number of pyridine rings is 1. The Morgan fingerprint density at radius 1 is 1.47 bits per heavy atom. The van der Waals surface area contributed by atoms with Gasteiger partial charge in [-0.1, -0.05) is 13.8 Å². The molecule has 0 fully saturated rings. The summed E-state index contributed by atoms with van der Waals surface area (Å²) in [4.78, 5) is 25.1. The number of hydrogen-bond donors (Lipinski definition) is 2. The van der Waals surface area contributed by atoms with Crippen LogP contribution >= 0.6 is 11.6 Å². The fraction of sp³-hybridized carbons (Fsp3) is 0.500. The minimum Gasteiger partial charge on any atom is -0.351 e. The summed E-state index contributed by atoms with van der Waals surface area (Å²) < 4.78 is 0. The Morgan fingerprint density at radius 2 is 2.18 bits per heavy atom. The number of alkyl halides is 1. The molecular formula is C12H17ClN2O2. The lowest BCUT2D eigenvalue weighted by Gasteiger charge is -2.23. The predicted molar refractivity (Wildman–Crippen MR) is 68.5 cm³/mol. The maximum absolute atomic E-state index is 11.7. The lowest BCUT2D eigenvalue weighted by molar-refractivity contribution is 0.0935. The Hall–Kier alpha value is -1.29. The van der Waals surface area contributed by atoms with Gasteiger partial charge in [-0.2, -0.15) is 0 Å². The number of halogens is 1. The molecule has 0 spiro atoms. The average Bonchev–Trinajstić information content (AvgIpc) is 2.27. The third-order valence-corrected chi connectivity index (χ3v) is 2.73. The number of carbonyl (C=O) groups is 1. The zero-order valence-electron chi connectivity index (χ0n) is 10.0. The normalized spacial score (nSPS) is 11.2. The summed E-state index contributed by atoms with van der Waals surface area (Å²) in [5, 5.41) is 2.82. The maximum Gasteiger partial charge on any atom is 0.252 e. The van der Waals surface area contributed by atoms with Gasteiger partial charge in [0.25, 0.3) is 5.91 Å². The van der Waals surface area contributed by atoms with E-state index in [1.165, 1.54) is 18.3 Å². The molecule has 94 valence electrons. The molecule has 0 saturated carbocycles. The Bertz CT molecular complexity index is 420. The lowest BCUT2D eigenvalue weighted by Crippen LogP contribution is -2.34. The van der Waals surface area contributed by atoms with Gasteiger partial charge in [-0.3, -0.25) is 9.59 Å². The highest BCUT2D eigenvalue weighted by atomic mass is 35.5. The van der Waals surface area contributed by atoms with Crippen LogP contribution in [0, 0.1) is 5.41 Å². The van der Waals surface area contributed by atoms with Crippen molar-refractivity contribution in [1.82, 2.24) is 10.3 Å². The summed E-state index contributed by atoms with van der Waals surface area (Å²) in [5.41, 5.74) is 0.204. The summed E-state index contributed by atoms with van der Waals surface area (Å²) in [6.07, 6.45) is 2.24. The highest BCUT2D eigenvalue weighted by Crippen LogP contribution is 2.19. The van der Waals surface area contributed by atoms with Gasteiger partial charge >= 0.3 is 0 Å². The van der Waals surface area contributed by atoms with Crippen molar-refractivity contribution in [2.75, 3.05) is 12.4 Å². The SMILES string of the molecule is CC(C)(CCCl)CNC(=O)c1ccc(=O)[nH]c1. The molecule has 1 rings (SSSR count). The molecule has 0 radical (unpaired) electrons. The van der Waals surface area contributed by atoms with Crippen LogP contribution in [0.3, 0.4) is 0 Å². The topological polar surface area (TPSA) is 62.0 Å². The number of aromatic amines is 1. The van der Waals surface area contributed by atoms with E-state index in [1.807, 2.05) is 13.8 Å². The molecule has 1 heterocycles. The maximum atomic E-state index is 11.7. The third-order valence-electron chi connectivity index (χ3n) is 2.55. The second-order valence-electron chi connectivity index (χ2n) is 4.73. The molecule has 0 aliphatic rings. The van der Waals surface area contributed by atoms with Crippen LogP contribution in [0.5, 0.6) is 0 Å². The number of rotatable bonds is 5. The number of hydrogen-bond acceptors (Lipinski definition) is 2. The minimum absolute atomic E-state index is 0.0282. The first kappa shape index (κ1) is 13.8. The van der Waals surface area contributed by atoms with Crippen molar-refractivity contribution >= 4 is 17.5 Å². The molecule has 0 saturated heterocycles. The first-order valence-corrected chi connectivity index (χ1v) is 6.01. The van der Waals surface area contributed by atoms with E-state index in [0.717, 1.165) is 6.42 Å². The molecule has 0 bridgehead atoms. The Kier molecular flexibility index (Phi) is 4.75. The summed E-state index contributed by atoms with van der Waals surface area (Å²) in [6.45, 7) is 4.64. The molecule has 0 aliphatic carbocycles. The van der Waals surface area contributed by atoms with Crippen LogP contribution in [0.1, 0.15) is 30.6 Å². The molecule has 4 nitrogen and oxygen atoms in total. The van der Waals surface area contributed by atoms with E-state index in [9.17, 15) is 9.59 Å². The van der Waals surface area contributed by atoms with Gasteiger partial charge in [0.1, 0.15) is 0 Å². The van der Waals surface area contributed by atoms with Gasteiger partial charge in [0.05, 0.1) is 5.56 Å². The molecule has 0 unspecified atom stereocenters. The van der Waals surface area contributed by atoms with Crippen molar-refractivity contribution in [2.24, 2.45) is 5.41 Å². The monoisotopic (exact) mass is 256 g/mol. The van der Waals surface area contributed by atoms with Gasteiger partial charge < -0.3 is 10.3 Å². The van der Waals surface area contributed by atoms with Gasteiger partial charge in [-0.25, -0.2) is 0 Å². The molecule has 1 aromatic heterocycles. The summed E-state index contributed by atoms with van der Waals surface area (Å²) in [7, 11) is 0. The molecule has 5 heteroatoms. The quantitative estimate of drug-likeness (QED) is 0.789. The van der Waals surface area contributed by atoms with Crippen LogP contribution in [0.2, 0.25) is 0 Å². The molecule has 1 aromatic rings. The Balaban J connectivity index is 2.55. The Morgan fingerprint density at radius 3 is 2.71 bits per heavy atom. The number of aromatic nitrogens is 1. The molecule has 0 aromatic carbocycles. The van der Waals surface area contributed by atoms with Crippen LogP contribution in [0.25, 0.3) is 0 Å². The van der Waals surface area contributed by atoms with Gasteiger partial charge in [-0.15, -0.1) is 11.6 Å². The van der Waals surface area contributed by atoms with E-state index >= 15 is 0 Å². The van der Waals surface area contributed by atoms with Crippen molar-refractivity contribution in [3.05, 3.63) is 34.2 Å². The molecule has 17 heavy (non-hydrogen) atoms. The third kappa shape index (κ3) is 4.61. The van der Waals surface area contributed by atoms with E-state index in [4.69, 9.17) is 11.6 Å². The summed E-state index contributed by atoms with van der Waals surface area (Å²) >= 11 is 5.68. The highest BCUT2D eigenvalue weighted by Gasteiger charge is 2.18. The second kappa shape index (κ2) is 5.87. The van der Waals surface area contributed by atoms with E-state index in [-0.39, 0.29) is 16.9 Å². The Labute approximate surface area is 105 Å². The molecular weight excluding hydrogens is 240 g/mol. The molecule has 1 amide bonds. The predicted octanol–water partition coefficient (Wildman–Crippen LogP) is 1.76. The highest BCUT2D eigenvalue weighted by molar-refractivity contribution is 6.17. The van der Waals surface area contributed by atoms with Gasteiger partial charge in [-0.05, 0) is 17.9 Å². The van der Waals surface area contributed by atoms with Crippen molar-refractivity contribution < 1.29 is 4.79 Å². The zero-order chi connectivity index (χ0) is 12.9. The van der Waals surface area contributed by atoms with Crippen LogP contribution < -0.4 is 10.9 Å². The number of carbonyl (C=O) groups excluding carboxylic acids is 1. The van der Waals surface area contributed by atoms with E-state index in [2.05, 4.69) is 10.3 Å². The fourth-order valence-electron chi connectivity index (χ4n) is 1.32. The van der Waals surface area contributed by atoms with Crippen LogP contribution in [0.15, 0.2) is 23.1 Å². The zero-order valence-corrected chi connectivity index (χ0v) is 10.8. The fourth-order valence-corrected chi connectivity index (χ4v) is 1.83. The van der Waals surface area contributed by atoms with Gasteiger partial charge in [0.2, 0.25) is 5.56 Å². The molecule has 2 N–H and O–H groups in total. The van der Waals surface area contributed by atoms with Crippen molar-refractivity contribution in [3.8, 4) is 0 Å². The number of amides is 1. The largest absolute Gasteiger partial charge is 0.351 e. The molecule has 0 atom stereocenters. The van der Waals surface area contributed by atoms with E-state index in [1.54, 1.807) is 0 Å². The van der Waals surface area contributed by atoms with Crippen molar-refractivity contribution in [3.63, 3.8) is 0 Å². The average molecular weight is 257 g/mol. The van der Waals surface area contributed by atoms with Crippen molar-refractivity contribution in [1.29, 1.82) is 0 Å². The standard InChI is InChI=1S/C12H17ClN2O2/c1-12(2,5-6-13)8-15-11(17)9-3-4-10(16)14-7-9/h3-4,7H,5-6,8H2,1-2H3,(H,14,16)(H,15,17). The van der Waals surface area contributed by atoms with Crippen LogP contribution in [0.4, 0.5) is 0 Å². The molecule has 0 aliphatic heterocycles. The van der Waals surface area contributed by atoms with Gasteiger partial charge in [0.15, 0.2) is 0 Å². The smallest absolute Gasteiger partial charge is 0.252 e. The minimum atomic E-state index is -0.219. The second-order valence-corrected chi connectivity index (χ2v) is 5.11. The van der Waals surface area contributed by atoms with Crippen LogP contribution in [-0.4, -0.2) is 23.3 Å². The summed E-state index contributed by atoms with van der Waals surface area (Å²) in [6, 6.07) is 2.83. The lowest BCUT2D eigenvalue weighted by atomic mass is 9.90. The first-order chi connectivity index (χ1) is 7.94. The summed E-state index contributed by atoms with van der Waals surface area (Å²) in [5.74, 6) is 0.380. The number of nitrogens with one attached hydrogen (secondary N) is 2.